The molecule has 1 rings (SSSR count). The third kappa shape index (κ3) is 4.55. The molecule has 1 unspecified atom stereocenters. The number of benzene rings is 1. The Morgan fingerprint density at radius 3 is 2.84 bits per heavy atom. The molecule has 0 aliphatic rings. The summed E-state index contributed by atoms with van der Waals surface area (Å²) < 4.78 is 4.58. The zero-order valence-electron chi connectivity index (χ0n) is 10.9. The van der Waals surface area contributed by atoms with Crippen molar-refractivity contribution in [2.45, 2.75) is 19.9 Å². The normalized spacial score (nSPS) is 11.9. The summed E-state index contributed by atoms with van der Waals surface area (Å²) in [5.74, 6) is 0. The summed E-state index contributed by atoms with van der Waals surface area (Å²) in [5.41, 5.74) is 6.35. The van der Waals surface area contributed by atoms with Gasteiger partial charge in [0.15, 0.2) is 0 Å². The van der Waals surface area contributed by atoms with Crippen molar-refractivity contribution in [3.63, 3.8) is 0 Å². The molecule has 0 saturated heterocycles. The van der Waals surface area contributed by atoms with Gasteiger partial charge in [-0.3, -0.25) is 10.1 Å². The quantitative estimate of drug-likeness (QED) is 0.463. The van der Waals surface area contributed by atoms with Gasteiger partial charge in [-0.05, 0) is 19.4 Å². The van der Waals surface area contributed by atoms with Crippen LogP contribution in [-0.2, 0) is 4.74 Å². The van der Waals surface area contributed by atoms with Crippen LogP contribution in [-0.4, -0.2) is 24.2 Å². The molecule has 19 heavy (non-hydrogen) atoms. The lowest BCUT2D eigenvalue weighted by Gasteiger charge is -2.14. The molecule has 7 heteroatoms. The molecular formula is C12H17N3O4. The highest BCUT2D eigenvalue weighted by Crippen LogP contribution is 2.22. The number of amides is 1. The van der Waals surface area contributed by atoms with E-state index in [0.717, 1.165) is 5.56 Å². The van der Waals surface area contributed by atoms with Crippen molar-refractivity contribution >= 4 is 11.8 Å². The minimum absolute atomic E-state index is 0.0872. The van der Waals surface area contributed by atoms with Gasteiger partial charge in [0, 0.05) is 24.2 Å². The number of nitro benzene ring substituents is 1. The summed E-state index contributed by atoms with van der Waals surface area (Å²) in [6.45, 7) is 4.15. The molecule has 7 nitrogen and oxygen atoms in total. The maximum atomic E-state index is 10.8. The van der Waals surface area contributed by atoms with Crippen LogP contribution in [0.4, 0.5) is 10.5 Å². The molecule has 1 atom stereocenters. The molecule has 0 heterocycles. The minimum atomic E-state index is -0.819. The number of hydrogen-bond acceptors (Lipinski definition) is 5. The first-order valence-corrected chi connectivity index (χ1v) is 5.82. The first kappa shape index (κ1) is 14.9. The number of aryl methyl sites for hydroxylation is 1. The maximum Gasteiger partial charge on any atom is 0.404 e. The maximum absolute atomic E-state index is 10.8. The summed E-state index contributed by atoms with van der Waals surface area (Å²) >= 11 is 0. The van der Waals surface area contributed by atoms with Gasteiger partial charge in [0.05, 0.1) is 4.92 Å². The molecular weight excluding hydrogens is 250 g/mol. The Labute approximate surface area is 110 Å². The predicted octanol–water partition coefficient (Wildman–Crippen LogP) is 1.65. The van der Waals surface area contributed by atoms with Crippen molar-refractivity contribution in [1.29, 1.82) is 0 Å². The minimum Gasteiger partial charge on any atom is -0.448 e. The number of hydrogen-bond donors (Lipinski definition) is 2. The van der Waals surface area contributed by atoms with Crippen LogP contribution < -0.4 is 11.1 Å². The summed E-state index contributed by atoms with van der Waals surface area (Å²) in [6, 6.07) is 5.00. The van der Waals surface area contributed by atoms with E-state index in [1.807, 2.05) is 13.0 Å². The lowest BCUT2D eigenvalue weighted by Crippen LogP contribution is -2.26. The highest BCUT2D eigenvalue weighted by Gasteiger charge is 2.14. The molecule has 0 spiro atoms. The van der Waals surface area contributed by atoms with Crippen molar-refractivity contribution < 1.29 is 14.5 Å². The predicted molar refractivity (Wildman–Crippen MR) is 69.8 cm³/mol. The lowest BCUT2D eigenvalue weighted by molar-refractivity contribution is -0.385. The van der Waals surface area contributed by atoms with Gasteiger partial charge in [0.25, 0.3) is 5.69 Å². The Morgan fingerprint density at radius 1 is 1.58 bits per heavy atom. The molecule has 0 bridgehead atoms. The lowest BCUT2D eigenvalue weighted by atomic mass is 10.0. The van der Waals surface area contributed by atoms with E-state index in [2.05, 4.69) is 10.1 Å². The molecule has 0 fully saturated rings. The van der Waals surface area contributed by atoms with Gasteiger partial charge < -0.3 is 15.8 Å². The Morgan fingerprint density at radius 2 is 2.26 bits per heavy atom. The average Bonchev–Trinajstić information content (AvgIpc) is 2.34. The Bertz CT molecular complexity index is 476. The number of ether oxygens (including phenoxy) is 1. The SMILES string of the molecule is Cc1ccc(C(C)NCCOC(N)=O)cc1[N+](=O)[O-]. The number of carbonyl (C=O) groups excluding carboxylic acids is 1. The average molecular weight is 267 g/mol. The summed E-state index contributed by atoms with van der Waals surface area (Å²) in [5, 5.41) is 13.9. The number of carbonyl (C=O) groups is 1. The molecule has 0 radical (unpaired) electrons. The van der Waals surface area contributed by atoms with Crippen LogP contribution in [0.2, 0.25) is 0 Å². The van der Waals surface area contributed by atoms with Gasteiger partial charge >= 0.3 is 6.09 Å². The highest BCUT2D eigenvalue weighted by molar-refractivity contribution is 5.64. The fourth-order valence-electron chi connectivity index (χ4n) is 1.64. The molecule has 0 aromatic heterocycles. The molecule has 1 aromatic carbocycles. The zero-order chi connectivity index (χ0) is 14.4. The van der Waals surface area contributed by atoms with E-state index in [0.29, 0.717) is 12.1 Å². The van der Waals surface area contributed by atoms with Crippen LogP contribution in [0.1, 0.15) is 24.1 Å². The first-order valence-electron chi connectivity index (χ1n) is 5.82. The van der Waals surface area contributed by atoms with Crippen LogP contribution in [0.5, 0.6) is 0 Å². The second-order valence-electron chi connectivity index (χ2n) is 4.15. The van der Waals surface area contributed by atoms with E-state index < -0.39 is 11.0 Å². The topological polar surface area (TPSA) is 107 Å². The van der Waals surface area contributed by atoms with Gasteiger partial charge in [0.1, 0.15) is 6.61 Å². The number of nitrogens with one attached hydrogen (secondary N) is 1. The molecule has 1 amide bonds. The van der Waals surface area contributed by atoms with Crippen LogP contribution in [0.3, 0.4) is 0 Å². The number of nitrogens with two attached hydrogens (primary N) is 1. The Kier molecular flexibility index (Phi) is 5.25. The van der Waals surface area contributed by atoms with Crippen LogP contribution in [0, 0.1) is 17.0 Å². The summed E-state index contributed by atoms with van der Waals surface area (Å²) in [4.78, 5) is 20.8. The van der Waals surface area contributed by atoms with E-state index in [9.17, 15) is 14.9 Å². The number of rotatable bonds is 6. The Hall–Kier alpha value is -2.15. The summed E-state index contributed by atoms with van der Waals surface area (Å²) in [6.07, 6.45) is -0.819. The molecule has 0 aliphatic carbocycles. The zero-order valence-corrected chi connectivity index (χ0v) is 10.9. The second-order valence-corrected chi connectivity index (χ2v) is 4.15. The van der Waals surface area contributed by atoms with E-state index >= 15 is 0 Å². The van der Waals surface area contributed by atoms with Gasteiger partial charge in [0.2, 0.25) is 0 Å². The van der Waals surface area contributed by atoms with E-state index in [1.165, 1.54) is 0 Å². The van der Waals surface area contributed by atoms with Gasteiger partial charge in [-0.2, -0.15) is 0 Å². The van der Waals surface area contributed by atoms with Crippen molar-refractivity contribution in [3.8, 4) is 0 Å². The third-order valence-electron chi connectivity index (χ3n) is 2.73. The molecule has 0 saturated carbocycles. The van der Waals surface area contributed by atoms with E-state index in [-0.39, 0.29) is 18.3 Å². The fraction of sp³-hybridized carbons (Fsp3) is 0.417. The standard InChI is InChI=1S/C12H17N3O4/c1-8-3-4-10(7-11(8)15(17)18)9(2)14-5-6-19-12(13)16/h3-4,7,9,14H,5-6H2,1-2H3,(H2,13,16). The molecule has 104 valence electrons. The van der Waals surface area contributed by atoms with Crippen LogP contribution in [0.15, 0.2) is 18.2 Å². The second kappa shape index (κ2) is 6.69. The van der Waals surface area contributed by atoms with Gasteiger partial charge in [-0.25, -0.2) is 4.79 Å². The van der Waals surface area contributed by atoms with Crippen LogP contribution >= 0.6 is 0 Å². The third-order valence-corrected chi connectivity index (χ3v) is 2.73. The van der Waals surface area contributed by atoms with Gasteiger partial charge in [-0.15, -0.1) is 0 Å². The largest absolute Gasteiger partial charge is 0.448 e. The monoisotopic (exact) mass is 267 g/mol. The summed E-state index contributed by atoms with van der Waals surface area (Å²) in [7, 11) is 0. The molecule has 3 N–H and O–H groups in total. The smallest absolute Gasteiger partial charge is 0.404 e. The first-order chi connectivity index (χ1) is 8.91. The van der Waals surface area contributed by atoms with Crippen molar-refractivity contribution in [2.24, 2.45) is 5.73 Å². The van der Waals surface area contributed by atoms with Crippen LogP contribution in [0.25, 0.3) is 0 Å². The number of nitro groups is 1. The van der Waals surface area contributed by atoms with E-state index in [1.54, 1.807) is 19.1 Å². The Balaban J connectivity index is 2.62. The van der Waals surface area contributed by atoms with Crippen molar-refractivity contribution in [2.75, 3.05) is 13.2 Å². The number of primary amides is 1. The van der Waals surface area contributed by atoms with Gasteiger partial charge in [-0.1, -0.05) is 12.1 Å². The van der Waals surface area contributed by atoms with Crippen molar-refractivity contribution in [3.05, 3.63) is 39.4 Å². The van der Waals surface area contributed by atoms with Crippen molar-refractivity contribution in [1.82, 2.24) is 5.32 Å². The van der Waals surface area contributed by atoms with E-state index in [4.69, 9.17) is 5.73 Å². The molecule has 1 aromatic rings. The highest BCUT2D eigenvalue weighted by atomic mass is 16.6. The number of nitrogens with zero attached hydrogens (tertiary/aromatic N) is 1. The molecule has 0 aliphatic heterocycles. The fourth-order valence-corrected chi connectivity index (χ4v) is 1.64.